The Labute approximate surface area is 77.0 Å². The highest BCUT2D eigenvalue weighted by Crippen LogP contribution is 2.12. The zero-order chi connectivity index (χ0) is 8.27. The van der Waals surface area contributed by atoms with Crippen LogP contribution in [0.2, 0.25) is 0 Å². The summed E-state index contributed by atoms with van der Waals surface area (Å²) in [6.07, 6.45) is 1.36. The molecule has 0 aliphatic heterocycles. The van der Waals surface area contributed by atoms with Crippen LogP contribution in [0.1, 0.15) is 16.1 Å². The molecule has 11 heavy (non-hydrogen) atoms. The van der Waals surface area contributed by atoms with Crippen LogP contribution >= 0.6 is 22.6 Å². The molecule has 0 N–H and O–H groups in total. The third-order valence-electron chi connectivity index (χ3n) is 1.17. The van der Waals surface area contributed by atoms with Gasteiger partial charge in [-0.2, -0.15) is 0 Å². The van der Waals surface area contributed by atoms with Gasteiger partial charge < -0.3 is 9.26 Å². The van der Waals surface area contributed by atoms with Gasteiger partial charge in [0.05, 0.1) is 17.7 Å². The van der Waals surface area contributed by atoms with Crippen LogP contribution in [-0.4, -0.2) is 18.2 Å². The largest absolute Gasteiger partial charge is 0.465 e. The smallest absolute Gasteiger partial charge is 0.343 e. The summed E-state index contributed by atoms with van der Waals surface area (Å²) in [5.41, 5.74) is 0.405. The molecule has 0 aliphatic carbocycles. The van der Waals surface area contributed by atoms with Gasteiger partial charge in [0, 0.05) is 0 Å². The fourth-order valence-corrected chi connectivity index (χ4v) is 1.19. The zero-order valence-corrected chi connectivity index (χ0v) is 7.99. The van der Waals surface area contributed by atoms with Gasteiger partial charge in [-0.3, -0.25) is 0 Å². The van der Waals surface area contributed by atoms with E-state index in [0.29, 0.717) is 15.8 Å². The number of ether oxygens (including phenoxy) is 1. The van der Waals surface area contributed by atoms with E-state index in [1.54, 1.807) is 0 Å². The fraction of sp³-hybridized carbons (Fsp3) is 0.333. The Morgan fingerprint density at radius 2 is 2.64 bits per heavy atom. The first-order valence-corrected chi connectivity index (χ1v) is 4.40. The number of hydrogen-bond acceptors (Lipinski definition) is 4. The monoisotopic (exact) mass is 267 g/mol. The number of nitrogens with zero attached hydrogens (tertiary/aromatic N) is 1. The second-order valence-electron chi connectivity index (χ2n) is 1.79. The molecule has 4 nitrogen and oxygen atoms in total. The van der Waals surface area contributed by atoms with Crippen LogP contribution < -0.4 is 0 Å². The number of rotatable bonds is 2. The molecule has 0 aromatic carbocycles. The summed E-state index contributed by atoms with van der Waals surface area (Å²) < 4.78 is 9.89. The Morgan fingerprint density at radius 3 is 3.18 bits per heavy atom. The lowest BCUT2D eigenvalue weighted by Crippen LogP contribution is -2.01. The van der Waals surface area contributed by atoms with Crippen molar-refractivity contribution in [1.29, 1.82) is 0 Å². The number of alkyl halides is 1. The maximum Gasteiger partial charge on any atom is 0.343 e. The van der Waals surface area contributed by atoms with E-state index in [1.165, 1.54) is 13.3 Å². The van der Waals surface area contributed by atoms with Crippen LogP contribution in [0.15, 0.2) is 10.7 Å². The SMILES string of the molecule is COC(=O)c1cnoc1CI. The Kier molecular flexibility index (Phi) is 2.86. The van der Waals surface area contributed by atoms with E-state index < -0.39 is 5.97 Å². The van der Waals surface area contributed by atoms with Crippen LogP contribution in [0.4, 0.5) is 0 Å². The van der Waals surface area contributed by atoms with Crippen molar-refractivity contribution in [2.24, 2.45) is 0 Å². The molecule has 0 saturated heterocycles. The topological polar surface area (TPSA) is 52.3 Å². The molecule has 60 valence electrons. The summed E-state index contributed by atoms with van der Waals surface area (Å²) in [6.45, 7) is 0. The molecule has 1 rings (SSSR count). The Balaban J connectivity index is 2.92. The summed E-state index contributed by atoms with van der Waals surface area (Å²) in [6, 6.07) is 0. The highest BCUT2D eigenvalue weighted by atomic mass is 127. The van der Waals surface area contributed by atoms with E-state index >= 15 is 0 Å². The predicted octanol–water partition coefficient (Wildman–Crippen LogP) is 1.40. The number of carbonyl (C=O) groups excluding carboxylic acids is 1. The maximum absolute atomic E-state index is 10.9. The van der Waals surface area contributed by atoms with Crippen LogP contribution in [-0.2, 0) is 9.16 Å². The first-order valence-electron chi connectivity index (χ1n) is 2.87. The second-order valence-corrected chi connectivity index (χ2v) is 2.55. The minimum absolute atomic E-state index is 0.405. The van der Waals surface area contributed by atoms with Crippen LogP contribution in [0.3, 0.4) is 0 Å². The quantitative estimate of drug-likeness (QED) is 0.461. The first-order chi connectivity index (χ1) is 5.29. The lowest BCUT2D eigenvalue weighted by molar-refractivity contribution is 0.0598. The van der Waals surface area contributed by atoms with Crippen molar-refractivity contribution in [2.75, 3.05) is 7.11 Å². The second kappa shape index (κ2) is 3.70. The van der Waals surface area contributed by atoms with Crippen molar-refractivity contribution in [2.45, 2.75) is 4.43 Å². The van der Waals surface area contributed by atoms with E-state index in [0.717, 1.165) is 0 Å². The molecule has 1 aromatic rings. The summed E-state index contributed by atoms with van der Waals surface area (Å²) in [5.74, 6) is 0.148. The standard InChI is InChI=1S/C6H6INO3/c1-10-6(9)4-3-8-11-5(4)2-7/h3H,2H2,1H3. The minimum Gasteiger partial charge on any atom is -0.465 e. The average molecular weight is 267 g/mol. The fourth-order valence-electron chi connectivity index (χ4n) is 0.637. The van der Waals surface area contributed by atoms with Gasteiger partial charge in [-0.15, -0.1) is 0 Å². The summed E-state index contributed by atoms with van der Waals surface area (Å²) in [5, 5.41) is 3.48. The summed E-state index contributed by atoms with van der Waals surface area (Å²) in [4.78, 5) is 10.9. The lowest BCUT2D eigenvalue weighted by atomic mass is 10.3. The molecule has 5 heteroatoms. The van der Waals surface area contributed by atoms with Gasteiger partial charge in [0.15, 0.2) is 5.76 Å². The Morgan fingerprint density at radius 1 is 1.91 bits per heavy atom. The minimum atomic E-state index is -0.405. The van der Waals surface area contributed by atoms with Crippen molar-refractivity contribution < 1.29 is 14.1 Å². The van der Waals surface area contributed by atoms with Crippen LogP contribution in [0.25, 0.3) is 0 Å². The van der Waals surface area contributed by atoms with Crippen LogP contribution in [0, 0.1) is 0 Å². The van der Waals surface area contributed by atoms with Gasteiger partial charge in [-0.05, 0) is 0 Å². The molecule has 0 saturated carbocycles. The lowest BCUT2D eigenvalue weighted by Gasteiger charge is -1.93. The molecule has 1 heterocycles. The molecular formula is C6H6INO3. The number of aromatic nitrogens is 1. The molecule has 0 atom stereocenters. The molecule has 0 spiro atoms. The normalized spacial score (nSPS) is 9.64. The van der Waals surface area contributed by atoms with Crippen molar-refractivity contribution in [3.8, 4) is 0 Å². The molecule has 0 bridgehead atoms. The third kappa shape index (κ3) is 1.70. The van der Waals surface area contributed by atoms with E-state index in [9.17, 15) is 4.79 Å². The number of carbonyl (C=O) groups is 1. The molecule has 0 unspecified atom stereocenters. The van der Waals surface area contributed by atoms with Gasteiger partial charge in [-0.25, -0.2) is 4.79 Å². The van der Waals surface area contributed by atoms with E-state index in [1.807, 2.05) is 0 Å². The average Bonchev–Trinajstić information content (AvgIpc) is 2.50. The predicted molar refractivity (Wildman–Crippen MR) is 45.6 cm³/mol. The number of halogens is 1. The number of methoxy groups -OCH3 is 1. The molecule has 0 fully saturated rings. The molecular weight excluding hydrogens is 261 g/mol. The maximum atomic E-state index is 10.9. The molecule has 0 radical (unpaired) electrons. The van der Waals surface area contributed by atoms with Crippen LogP contribution in [0.5, 0.6) is 0 Å². The van der Waals surface area contributed by atoms with Gasteiger partial charge in [-0.1, -0.05) is 27.7 Å². The van der Waals surface area contributed by atoms with Crippen molar-refractivity contribution in [1.82, 2.24) is 5.16 Å². The van der Waals surface area contributed by atoms with Crippen molar-refractivity contribution in [3.63, 3.8) is 0 Å². The van der Waals surface area contributed by atoms with Gasteiger partial charge >= 0.3 is 5.97 Å². The van der Waals surface area contributed by atoms with E-state index in [4.69, 9.17) is 4.52 Å². The molecule has 0 amide bonds. The van der Waals surface area contributed by atoms with Crippen molar-refractivity contribution in [3.05, 3.63) is 17.5 Å². The van der Waals surface area contributed by atoms with Gasteiger partial charge in [0.25, 0.3) is 0 Å². The number of hydrogen-bond donors (Lipinski definition) is 0. The number of esters is 1. The van der Waals surface area contributed by atoms with Gasteiger partial charge in [0.1, 0.15) is 5.56 Å². The van der Waals surface area contributed by atoms with E-state index in [2.05, 4.69) is 32.5 Å². The summed E-state index contributed by atoms with van der Waals surface area (Å²) in [7, 11) is 1.33. The van der Waals surface area contributed by atoms with Crippen molar-refractivity contribution >= 4 is 28.6 Å². The third-order valence-corrected chi connectivity index (χ3v) is 1.86. The Bertz CT molecular complexity index is 258. The molecule has 0 aliphatic rings. The highest BCUT2D eigenvalue weighted by Gasteiger charge is 2.14. The van der Waals surface area contributed by atoms with E-state index in [-0.39, 0.29) is 0 Å². The first kappa shape index (κ1) is 8.51. The summed E-state index contributed by atoms with van der Waals surface area (Å²) >= 11 is 2.08. The Hall–Kier alpha value is -0.590. The molecule has 1 aromatic heterocycles. The zero-order valence-electron chi connectivity index (χ0n) is 5.83. The highest BCUT2D eigenvalue weighted by molar-refractivity contribution is 14.1. The van der Waals surface area contributed by atoms with Gasteiger partial charge in [0.2, 0.25) is 0 Å².